The van der Waals surface area contributed by atoms with Crippen LogP contribution >= 0.6 is 0 Å². The highest BCUT2D eigenvalue weighted by atomic mass is 19.1. The van der Waals surface area contributed by atoms with E-state index in [1.165, 1.54) is 0 Å². The van der Waals surface area contributed by atoms with Crippen molar-refractivity contribution in [2.24, 2.45) is 0 Å². The minimum Gasteiger partial charge on any atom is -0.394 e. The lowest BCUT2D eigenvalue weighted by Gasteiger charge is -2.43. The van der Waals surface area contributed by atoms with Gasteiger partial charge in [-0.1, -0.05) is 0 Å². The zero-order chi connectivity index (χ0) is 10.9. The molecule has 84 valence electrons. The maximum atomic E-state index is 13.2. The Bertz CT molecular complexity index is 201. The molecule has 0 saturated carbocycles. The Morgan fingerprint density at radius 2 is 1.79 bits per heavy atom. The van der Waals surface area contributed by atoms with Crippen molar-refractivity contribution in [2.75, 3.05) is 13.2 Å². The summed E-state index contributed by atoms with van der Waals surface area (Å²) >= 11 is 0. The molecular weight excluding hydrogens is 199 g/mol. The lowest BCUT2D eigenvalue weighted by Crippen LogP contribution is -2.65. The van der Waals surface area contributed by atoms with E-state index in [4.69, 9.17) is 20.4 Å². The molecule has 0 aliphatic carbocycles. The molecule has 1 rings (SSSR count). The van der Waals surface area contributed by atoms with E-state index in [-0.39, 0.29) is 0 Å². The first-order valence-electron chi connectivity index (χ1n) is 4.08. The number of halogens is 1. The number of aliphatic hydroxyl groups is 5. The van der Waals surface area contributed by atoms with E-state index in [2.05, 4.69) is 4.74 Å². The van der Waals surface area contributed by atoms with Crippen LogP contribution in [0.15, 0.2) is 0 Å². The predicted octanol–water partition coefficient (Wildman–Crippen LogP) is -2.88. The second kappa shape index (κ2) is 4.05. The summed E-state index contributed by atoms with van der Waals surface area (Å²) in [6.45, 7) is -1.78. The molecule has 1 unspecified atom stereocenters. The van der Waals surface area contributed by atoms with E-state index in [1.54, 1.807) is 0 Å². The molecule has 0 spiro atoms. The minimum absolute atomic E-state index is 0.701. The summed E-state index contributed by atoms with van der Waals surface area (Å²) in [5.41, 5.74) is 0. The fourth-order valence-electron chi connectivity index (χ4n) is 1.33. The van der Waals surface area contributed by atoms with Gasteiger partial charge in [0.15, 0.2) is 6.17 Å². The summed E-state index contributed by atoms with van der Waals surface area (Å²) in [7, 11) is 0. The Labute approximate surface area is 79.2 Å². The van der Waals surface area contributed by atoms with E-state index < -0.39 is 43.5 Å². The highest BCUT2D eigenvalue weighted by molar-refractivity contribution is 4.95. The molecule has 0 aromatic carbocycles. The Morgan fingerprint density at radius 3 is 2.21 bits per heavy atom. The number of alkyl halides is 1. The second-order valence-electron chi connectivity index (χ2n) is 3.22. The third-order valence-corrected chi connectivity index (χ3v) is 2.22. The maximum Gasteiger partial charge on any atom is 0.224 e. The zero-order valence-electron chi connectivity index (χ0n) is 7.25. The summed E-state index contributed by atoms with van der Waals surface area (Å²) in [5.74, 6) is -2.58. The normalized spacial score (nSPS) is 49.3. The third-order valence-electron chi connectivity index (χ3n) is 2.22. The minimum atomic E-state index is -2.58. The first-order valence-corrected chi connectivity index (χ1v) is 4.08. The van der Waals surface area contributed by atoms with Gasteiger partial charge in [-0.15, -0.1) is 0 Å². The SMILES string of the molecule is OC[C@H]1OC(O)(CO)[C@@H](F)[C@@H](O)[C@@H]1O. The van der Waals surface area contributed by atoms with Crippen LogP contribution in [0, 0.1) is 0 Å². The third kappa shape index (κ3) is 1.74. The molecule has 1 fully saturated rings. The molecule has 0 aromatic heterocycles. The molecular formula is C7H13FO6. The fraction of sp³-hybridized carbons (Fsp3) is 1.00. The van der Waals surface area contributed by atoms with Gasteiger partial charge in [-0.25, -0.2) is 4.39 Å². The molecule has 1 heterocycles. The molecule has 6 nitrogen and oxygen atoms in total. The van der Waals surface area contributed by atoms with Crippen LogP contribution in [0.25, 0.3) is 0 Å². The predicted molar refractivity (Wildman–Crippen MR) is 40.9 cm³/mol. The highest BCUT2D eigenvalue weighted by Crippen LogP contribution is 2.29. The van der Waals surface area contributed by atoms with E-state index >= 15 is 0 Å². The monoisotopic (exact) mass is 212 g/mol. The molecule has 14 heavy (non-hydrogen) atoms. The summed E-state index contributed by atoms with van der Waals surface area (Å²) in [4.78, 5) is 0. The van der Waals surface area contributed by atoms with Crippen LogP contribution in [0.1, 0.15) is 0 Å². The molecule has 1 saturated heterocycles. The lowest BCUT2D eigenvalue weighted by atomic mass is 9.94. The first kappa shape index (κ1) is 11.8. The van der Waals surface area contributed by atoms with Crippen molar-refractivity contribution in [3.63, 3.8) is 0 Å². The van der Waals surface area contributed by atoms with Gasteiger partial charge in [0.2, 0.25) is 5.79 Å². The standard InChI is InChI=1S/C7H13FO6/c8-6-5(12)4(11)3(1-9)14-7(6,13)2-10/h3-6,9-13H,1-2H2/t3-,4-,5+,6+,7?/m1/s1. The second-order valence-corrected chi connectivity index (χ2v) is 3.22. The van der Waals surface area contributed by atoms with Gasteiger partial charge in [-0.2, -0.15) is 0 Å². The molecule has 0 aromatic rings. The molecule has 0 bridgehead atoms. The van der Waals surface area contributed by atoms with Crippen molar-refractivity contribution in [2.45, 2.75) is 30.3 Å². The first-order chi connectivity index (χ1) is 6.46. The highest BCUT2D eigenvalue weighted by Gasteiger charge is 2.53. The van der Waals surface area contributed by atoms with Crippen molar-refractivity contribution in [3.8, 4) is 0 Å². The van der Waals surface area contributed by atoms with Crippen LogP contribution in [-0.2, 0) is 4.74 Å². The van der Waals surface area contributed by atoms with E-state index in [1.807, 2.05) is 0 Å². The van der Waals surface area contributed by atoms with Gasteiger partial charge in [0.25, 0.3) is 0 Å². The molecule has 0 radical (unpaired) electrons. The van der Waals surface area contributed by atoms with Gasteiger partial charge < -0.3 is 30.3 Å². The van der Waals surface area contributed by atoms with E-state index in [0.29, 0.717) is 0 Å². The van der Waals surface area contributed by atoms with Crippen LogP contribution < -0.4 is 0 Å². The number of hydrogen-bond acceptors (Lipinski definition) is 6. The Morgan fingerprint density at radius 1 is 1.21 bits per heavy atom. The molecule has 5 atom stereocenters. The topological polar surface area (TPSA) is 110 Å². The van der Waals surface area contributed by atoms with Crippen molar-refractivity contribution < 1.29 is 34.7 Å². The van der Waals surface area contributed by atoms with Gasteiger partial charge >= 0.3 is 0 Å². The fourth-order valence-corrected chi connectivity index (χ4v) is 1.33. The lowest BCUT2D eigenvalue weighted by molar-refractivity contribution is -0.344. The number of ether oxygens (including phenoxy) is 1. The van der Waals surface area contributed by atoms with Crippen molar-refractivity contribution in [1.29, 1.82) is 0 Å². The van der Waals surface area contributed by atoms with Gasteiger partial charge in [0.1, 0.15) is 24.9 Å². The summed E-state index contributed by atoms with van der Waals surface area (Å²) in [6, 6.07) is 0. The largest absolute Gasteiger partial charge is 0.394 e. The van der Waals surface area contributed by atoms with Gasteiger partial charge in [0.05, 0.1) is 6.61 Å². The van der Waals surface area contributed by atoms with E-state index in [9.17, 15) is 9.50 Å². The summed E-state index contributed by atoms with van der Waals surface area (Å²) in [6.07, 6.45) is -7.20. The van der Waals surface area contributed by atoms with Crippen molar-refractivity contribution in [3.05, 3.63) is 0 Å². The van der Waals surface area contributed by atoms with Crippen LogP contribution in [0.3, 0.4) is 0 Å². The van der Waals surface area contributed by atoms with Crippen molar-refractivity contribution >= 4 is 0 Å². The van der Waals surface area contributed by atoms with Crippen LogP contribution in [0.2, 0.25) is 0 Å². The Balaban J connectivity index is 2.84. The smallest absolute Gasteiger partial charge is 0.224 e. The molecule has 1 aliphatic heterocycles. The summed E-state index contributed by atoms with van der Waals surface area (Å²) in [5, 5.41) is 44.9. The van der Waals surface area contributed by atoms with E-state index in [0.717, 1.165) is 0 Å². The van der Waals surface area contributed by atoms with Gasteiger partial charge in [-0.3, -0.25) is 0 Å². The average Bonchev–Trinajstić information content (AvgIpc) is 2.20. The van der Waals surface area contributed by atoms with Crippen LogP contribution in [0.5, 0.6) is 0 Å². The van der Waals surface area contributed by atoms with Gasteiger partial charge in [0, 0.05) is 0 Å². The molecule has 1 aliphatic rings. The zero-order valence-corrected chi connectivity index (χ0v) is 7.25. The van der Waals surface area contributed by atoms with Gasteiger partial charge in [-0.05, 0) is 0 Å². The Hall–Kier alpha value is -0.310. The summed E-state index contributed by atoms with van der Waals surface area (Å²) < 4.78 is 17.7. The van der Waals surface area contributed by atoms with Crippen molar-refractivity contribution in [1.82, 2.24) is 0 Å². The average molecular weight is 212 g/mol. The molecule has 7 heteroatoms. The van der Waals surface area contributed by atoms with Crippen LogP contribution in [0.4, 0.5) is 4.39 Å². The molecule has 0 amide bonds. The molecule has 5 N–H and O–H groups in total. The number of aliphatic hydroxyl groups excluding tert-OH is 4. The number of hydrogen-bond donors (Lipinski definition) is 5. The Kier molecular flexibility index (Phi) is 3.40. The maximum absolute atomic E-state index is 13.2. The quantitative estimate of drug-likeness (QED) is 0.336. The van der Waals surface area contributed by atoms with Crippen LogP contribution in [-0.4, -0.2) is 69.0 Å². The number of rotatable bonds is 2.